The second-order valence-corrected chi connectivity index (χ2v) is 17.1. The van der Waals surface area contributed by atoms with Crippen LogP contribution in [-0.4, -0.2) is 37.2 Å². The first-order valence-corrected chi connectivity index (χ1v) is 25.9. The molecule has 0 rings (SSSR count). The molecule has 0 heterocycles. The van der Waals surface area contributed by atoms with E-state index in [0.717, 1.165) is 77.0 Å². The predicted octanol–water partition coefficient (Wildman–Crippen LogP) is 17.0. The molecule has 0 amide bonds. The molecule has 0 aromatic heterocycles. The minimum atomic E-state index is -0.804. The molecule has 0 aromatic carbocycles. The molecule has 0 spiro atoms. The number of hydrogen-bond donors (Lipinski definition) is 0. The van der Waals surface area contributed by atoms with Crippen LogP contribution >= 0.6 is 0 Å². The lowest BCUT2D eigenvalue weighted by Gasteiger charge is -2.18. The van der Waals surface area contributed by atoms with Gasteiger partial charge in [-0.2, -0.15) is 0 Å². The van der Waals surface area contributed by atoms with Gasteiger partial charge in [0.2, 0.25) is 0 Å². The number of unbranched alkanes of at least 4 members (excludes halogenated alkanes) is 23. The molecular weight excluding hydrogens is 769 g/mol. The number of ether oxygens (including phenoxy) is 3. The predicted molar refractivity (Wildman–Crippen MR) is 265 cm³/mol. The summed E-state index contributed by atoms with van der Waals surface area (Å²) in [5, 5.41) is 0. The number of esters is 3. The van der Waals surface area contributed by atoms with Crippen LogP contribution in [0.4, 0.5) is 0 Å². The number of rotatable bonds is 46. The topological polar surface area (TPSA) is 78.9 Å². The van der Waals surface area contributed by atoms with Crippen molar-refractivity contribution in [1.82, 2.24) is 0 Å². The highest BCUT2D eigenvalue weighted by molar-refractivity contribution is 5.71. The average molecular weight is 865 g/mol. The standard InChI is InChI=1S/C56H96O6/c1-4-7-10-13-16-19-22-25-27-28-29-32-34-37-40-43-46-49-55(58)61-52-53(51-60-54(57)48-45-42-39-36-33-30-24-21-18-15-12-9-6-3)62-56(59)50-47-44-41-38-35-31-26-23-20-17-14-11-8-5-2/h9,12,16,18-19,21,25,27,30,33,39,42,53H,4-8,10-11,13-15,17,20,22-24,26,28-29,31-32,34-38,40-41,43-52H2,1-3H3/b12-9-,19-16-,21-18-,27-25-,33-30-,42-39-. The van der Waals surface area contributed by atoms with Crippen molar-refractivity contribution < 1.29 is 28.6 Å². The molecule has 0 radical (unpaired) electrons. The van der Waals surface area contributed by atoms with Gasteiger partial charge in [0, 0.05) is 19.3 Å². The van der Waals surface area contributed by atoms with E-state index in [4.69, 9.17) is 14.2 Å². The van der Waals surface area contributed by atoms with Gasteiger partial charge in [0.15, 0.2) is 6.10 Å². The van der Waals surface area contributed by atoms with E-state index in [1.165, 1.54) is 122 Å². The van der Waals surface area contributed by atoms with Gasteiger partial charge in [0.05, 0.1) is 0 Å². The van der Waals surface area contributed by atoms with Gasteiger partial charge in [-0.3, -0.25) is 14.4 Å². The highest BCUT2D eigenvalue weighted by atomic mass is 16.6. The zero-order valence-electron chi connectivity index (χ0n) is 40.6. The fourth-order valence-electron chi connectivity index (χ4n) is 7.07. The lowest BCUT2D eigenvalue weighted by atomic mass is 10.0. The molecule has 0 bridgehead atoms. The lowest BCUT2D eigenvalue weighted by molar-refractivity contribution is -0.166. The quantitative estimate of drug-likeness (QED) is 0.0262. The van der Waals surface area contributed by atoms with Gasteiger partial charge in [-0.25, -0.2) is 0 Å². The van der Waals surface area contributed by atoms with E-state index in [1.54, 1.807) is 0 Å². The van der Waals surface area contributed by atoms with E-state index in [2.05, 4.69) is 87.6 Å². The summed E-state index contributed by atoms with van der Waals surface area (Å²) in [7, 11) is 0. The van der Waals surface area contributed by atoms with E-state index in [9.17, 15) is 14.4 Å². The van der Waals surface area contributed by atoms with Crippen molar-refractivity contribution >= 4 is 17.9 Å². The van der Waals surface area contributed by atoms with Crippen LogP contribution in [0.15, 0.2) is 72.9 Å². The van der Waals surface area contributed by atoms with Crippen molar-refractivity contribution in [3.8, 4) is 0 Å². The smallest absolute Gasteiger partial charge is 0.306 e. The van der Waals surface area contributed by atoms with Crippen LogP contribution in [-0.2, 0) is 28.6 Å². The Kier molecular flexibility index (Phi) is 47.9. The van der Waals surface area contributed by atoms with Crippen LogP contribution in [0.3, 0.4) is 0 Å². The van der Waals surface area contributed by atoms with Crippen molar-refractivity contribution in [3.63, 3.8) is 0 Å². The molecule has 0 aliphatic rings. The molecule has 1 atom stereocenters. The monoisotopic (exact) mass is 865 g/mol. The first kappa shape index (κ1) is 58.9. The molecule has 1 unspecified atom stereocenters. The second kappa shape index (κ2) is 50.5. The Morgan fingerprint density at radius 2 is 0.661 bits per heavy atom. The maximum absolute atomic E-state index is 12.8. The van der Waals surface area contributed by atoms with E-state index in [0.29, 0.717) is 19.3 Å². The average Bonchev–Trinajstić information content (AvgIpc) is 3.27. The second-order valence-electron chi connectivity index (χ2n) is 17.1. The van der Waals surface area contributed by atoms with Crippen molar-refractivity contribution in [1.29, 1.82) is 0 Å². The van der Waals surface area contributed by atoms with Gasteiger partial charge in [-0.15, -0.1) is 0 Å². The third kappa shape index (κ3) is 47.9. The Labute approximate surface area is 382 Å². The largest absolute Gasteiger partial charge is 0.462 e. The lowest BCUT2D eigenvalue weighted by Crippen LogP contribution is -2.30. The summed E-state index contributed by atoms with van der Waals surface area (Å²) in [5.41, 5.74) is 0. The highest BCUT2D eigenvalue weighted by Crippen LogP contribution is 2.15. The summed E-state index contributed by atoms with van der Waals surface area (Å²) in [5.74, 6) is -0.988. The minimum Gasteiger partial charge on any atom is -0.462 e. The molecule has 6 heteroatoms. The summed E-state index contributed by atoms with van der Waals surface area (Å²) < 4.78 is 16.7. The van der Waals surface area contributed by atoms with Gasteiger partial charge in [0.1, 0.15) is 13.2 Å². The van der Waals surface area contributed by atoms with Gasteiger partial charge in [-0.1, -0.05) is 222 Å². The Morgan fingerprint density at radius 1 is 0.339 bits per heavy atom. The molecule has 0 saturated heterocycles. The SMILES string of the molecule is CC/C=C\C/C=C\C/C=C\C/C=C\CCC(=O)OCC(COC(=O)CCCCCCCCC/C=C\C/C=C\CCCCC)OC(=O)CCCCCCCCCCCCCCCC. The normalized spacial score (nSPS) is 12.6. The molecule has 356 valence electrons. The first-order valence-electron chi connectivity index (χ1n) is 25.9. The Morgan fingerprint density at radius 3 is 1.11 bits per heavy atom. The molecule has 0 fully saturated rings. The van der Waals surface area contributed by atoms with Crippen LogP contribution in [0.25, 0.3) is 0 Å². The van der Waals surface area contributed by atoms with E-state index in [1.807, 2.05) is 6.08 Å². The van der Waals surface area contributed by atoms with Crippen LogP contribution < -0.4 is 0 Å². The molecule has 0 aromatic rings. The summed E-state index contributed by atoms with van der Waals surface area (Å²) >= 11 is 0. The summed E-state index contributed by atoms with van der Waals surface area (Å²) in [6.45, 7) is 6.43. The molecule has 0 N–H and O–H groups in total. The van der Waals surface area contributed by atoms with Gasteiger partial charge in [-0.05, 0) is 77.0 Å². The maximum atomic E-state index is 12.8. The zero-order chi connectivity index (χ0) is 45.1. The van der Waals surface area contributed by atoms with Gasteiger partial charge >= 0.3 is 17.9 Å². The van der Waals surface area contributed by atoms with Crippen molar-refractivity contribution in [2.24, 2.45) is 0 Å². The zero-order valence-corrected chi connectivity index (χ0v) is 40.6. The molecule has 0 aliphatic carbocycles. The number of allylic oxidation sites excluding steroid dienone is 12. The maximum Gasteiger partial charge on any atom is 0.306 e. The Hall–Kier alpha value is -3.15. The number of hydrogen-bond acceptors (Lipinski definition) is 6. The Balaban J connectivity index is 4.45. The van der Waals surface area contributed by atoms with Gasteiger partial charge in [0.25, 0.3) is 0 Å². The Bertz CT molecular complexity index is 1180. The minimum absolute atomic E-state index is 0.100. The molecule has 0 aliphatic heterocycles. The van der Waals surface area contributed by atoms with Crippen LogP contribution in [0.5, 0.6) is 0 Å². The van der Waals surface area contributed by atoms with E-state index >= 15 is 0 Å². The highest BCUT2D eigenvalue weighted by Gasteiger charge is 2.19. The fourth-order valence-corrected chi connectivity index (χ4v) is 7.07. The van der Waals surface area contributed by atoms with Crippen molar-refractivity contribution in [2.45, 2.75) is 252 Å². The summed E-state index contributed by atoms with van der Waals surface area (Å²) in [4.78, 5) is 37.9. The summed E-state index contributed by atoms with van der Waals surface area (Å²) in [6.07, 6.45) is 63.2. The molecule has 62 heavy (non-hydrogen) atoms. The number of carbonyl (C=O) groups excluding carboxylic acids is 3. The van der Waals surface area contributed by atoms with Crippen molar-refractivity contribution in [3.05, 3.63) is 72.9 Å². The van der Waals surface area contributed by atoms with Gasteiger partial charge < -0.3 is 14.2 Å². The molecule has 6 nitrogen and oxygen atoms in total. The third-order valence-corrected chi connectivity index (χ3v) is 11.0. The first-order chi connectivity index (χ1) is 30.5. The summed E-state index contributed by atoms with van der Waals surface area (Å²) in [6, 6.07) is 0. The fraction of sp³-hybridized carbons (Fsp3) is 0.732. The van der Waals surface area contributed by atoms with Crippen LogP contribution in [0, 0.1) is 0 Å². The van der Waals surface area contributed by atoms with E-state index < -0.39 is 6.10 Å². The van der Waals surface area contributed by atoms with Crippen LogP contribution in [0.1, 0.15) is 245 Å². The number of carbonyl (C=O) groups is 3. The molecular formula is C56H96O6. The third-order valence-electron chi connectivity index (χ3n) is 11.0. The molecule has 0 saturated carbocycles. The van der Waals surface area contributed by atoms with Crippen molar-refractivity contribution in [2.75, 3.05) is 13.2 Å². The van der Waals surface area contributed by atoms with Crippen LogP contribution in [0.2, 0.25) is 0 Å². The van der Waals surface area contributed by atoms with E-state index in [-0.39, 0.29) is 37.5 Å².